The third-order valence-electron chi connectivity index (χ3n) is 6.23. The number of nitrogens with one attached hydrogen (secondary N) is 1. The Kier molecular flexibility index (Phi) is 5.08. The molecule has 3 heterocycles. The topological polar surface area (TPSA) is 107 Å². The van der Waals surface area contributed by atoms with E-state index in [1.165, 1.54) is 17.7 Å². The lowest BCUT2D eigenvalue weighted by Crippen LogP contribution is -2.38. The van der Waals surface area contributed by atoms with Crippen molar-refractivity contribution in [3.8, 4) is 17.2 Å². The van der Waals surface area contributed by atoms with Crippen molar-refractivity contribution in [2.75, 3.05) is 33.4 Å². The number of H-pyrrole nitrogens is 1. The molecule has 0 saturated carbocycles. The molecule has 2 aromatic carbocycles. The van der Waals surface area contributed by atoms with Gasteiger partial charge in [0.05, 0.1) is 18.1 Å². The number of fused-ring (bicyclic) bond motifs is 2. The van der Waals surface area contributed by atoms with Gasteiger partial charge < -0.3 is 24.1 Å². The van der Waals surface area contributed by atoms with Gasteiger partial charge in [0.1, 0.15) is 24.5 Å². The lowest BCUT2D eigenvalue weighted by Gasteiger charge is -2.32. The molecule has 0 atom stereocenters. The van der Waals surface area contributed by atoms with E-state index in [1.54, 1.807) is 12.0 Å². The van der Waals surface area contributed by atoms with Gasteiger partial charge >= 0.3 is 0 Å². The Morgan fingerprint density at radius 1 is 1.16 bits per heavy atom. The Morgan fingerprint density at radius 2 is 1.88 bits per heavy atom. The SMILES string of the molecule is COc1ccc2[nH]cc(C3CCN(C(=O)c4cc5c(cc4[N+](=O)[O-])OCCO5)CC3)c2c1. The average Bonchev–Trinajstić information content (AvgIpc) is 3.26. The van der Waals surface area contributed by atoms with E-state index in [0.29, 0.717) is 37.8 Å². The van der Waals surface area contributed by atoms with Gasteiger partial charge in [0.25, 0.3) is 11.6 Å². The molecule has 1 N–H and O–H groups in total. The Bertz CT molecular complexity index is 1200. The van der Waals surface area contributed by atoms with Gasteiger partial charge in [0.15, 0.2) is 11.5 Å². The Labute approximate surface area is 184 Å². The number of hydrogen-bond donors (Lipinski definition) is 1. The van der Waals surface area contributed by atoms with Gasteiger partial charge in [-0.15, -0.1) is 0 Å². The minimum atomic E-state index is -0.544. The van der Waals surface area contributed by atoms with Gasteiger partial charge in [-0.05, 0) is 42.5 Å². The van der Waals surface area contributed by atoms with Crippen molar-refractivity contribution >= 4 is 22.5 Å². The number of hydrogen-bond acceptors (Lipinski definition) is 6. The summed E-state index contributed by atoms with van der Waals surface area (Å²) in [7, 11) is 1.65. The second kappa shape index (κ2) is 8.07. The third-order valence-corrected chi connectivity index (χ3v) is 6.23. The summed E-state index contributed by atoms with van der Waals surface area (Å²) in [5.74, 6) is 1.40. The minimum Gasteiger partial charge on any atom is -0.497 e. The molecule has 2 aliphatic heterocycles. The number of carbonyl (C=O) groups excluding carboxylic acids is 1. The molecule has 0 unspecified atom stereocenters. The number of likely N-dealkylation sites (tertiary alicyclic amines) is 1. The van der Waals surface area contributed by atoms with E-state index in [0.717, 1.165) is 29.5 Å². The van der Waals surface area contributed by atoms with E-state index in [1.807, 2.05) is 24.4 Å². The Balaban J connectivity index is 1.36. The normalized spacial score (nSPS) is 16.2. The number of nitro groups is 1. The number of methoxy groups -OCH3 is 1. The second-order valence-corrected chi connectivity index (χ2v) is 7.99. The van der Waals surface area contributed by atoms with Gasteiger partial charge in [-0.1, -0.05) is 0 Å². The van der Waals surface area contributed by atoms with Crippen LogP contribution in [0.2, 0.25) is 0 Å². The van der Waals surface area contributed by atoms with Crippen molar-refractivity contribution in [3.05, 3.63) is 57.8 Å². The highest BCUT2D eigenvalue weighted by molar-refractivity contribution is 5.99. The zero-order valence-electron chi connectivity index (χ0n) is 17.6. The zero-order valence-corrected chi connectivity index (χ0v) is 17.6. The molecule has 3 aromatic rings. The summed E-state index contributed by atoms with van der Waals surface area (Å²) in [5.41, 5.74) is 2.03. The molecule has 0 spiro atoms. The Morgan fingerprint density at radius 3 is 2.56 bits per heavy atom. The number of nitrogens with zero attached hydrogens (tertiary/aromatic N) is 2. The van der Waals surface area contributed by atoms with E-state index in [9.17, 15) is 14.9 Å². The molecule has 32 heavy (non-hydrogen) atoms. The van der Waals surface area contributed by atoms with Crippen molar-refractivity contribution < 1.29 is 23.9 Å². The predicted molar refractivity (Wildman–Crippen MR) is 117 cm³/mol. The van der Waals surface area contributed by atoms with Crippen molar-refractivity contribution in [1.82, 2.24) is 9.88 Å². The highest BCUT2D eigenvalue weighted by Gasteiger charge is 2.32. The van der Waals surface area contributed by atoms with Crippen LogP contribution in [0.25, 0.3) is 10.9 Å². The number of piperidine rings is 1. The fourth-order valence-electron chi connectivity index (χ4n) is 4.55. The molecule has 1 saturated heterocycles. The molecule has 9 heteroatoms. The van der Waals surface area contributed by atoms with Crippen molar-refractivity contribution in [2.45, 2.75) is 18.8 Å². The number of aromatic nitrogens is 1. The van der Waals surface area contributed by atoms with Gasteiger partial charge in [-0.2, -0.15) is 0 Å². The highest BCUT2D eigenvalue weighted by atomic mass is 16.6. The van der Waals surface area contributed by atoms with E-state index in [4.69, 9.17) is 14.2 Å². The molecule has 2 aliphatic rings. The predicted octanol–water partition coefficient (Wildman–Crippen LogP) is 3.88. The number of ether oxygens (including phenoxy) is 3. The van der Waals surface area contributed by atoms with Crippen LogP contribution in [0.3, 0.4) is 0 Å². The maximum absolute atomic E-state index is 13.2. The number of nitro benzene ring substituents is 1. The largest absolute Gasteiger partial charge is 0.497 e. The van der Waals surface area contributed by atoms with E-state index >= 15 is 0 Å². The fraction of sp³-hybridized carbons (Fsp3) is 0.348. The van der Waals surface area contributed by atoms with Crippen LogP contribution in [0.5, 0.6) is 17.2 Å². The second-order valence-electron chi connectivity index (χ2n) is 7.99. The first kappa shape index (κ1) is 20.2. The van der Waals surface area contributed by atoms with Crippen molar-refractivity contribution in [2.24, 2.45) is 0 Å². The van der Waals surface area contributed by atoms with Crippen LogP contribution in [-0.2, 0) is 0 Å². The molecule has 0 radical (unpaired) electrons. The standard InChI is InChI=1S/C23H23N3O6/c1-30-15-2-3-19-16(10-15)18(13-24-19)14-4-6-25(7-5-14)23(27)17-11-21-22(32-9-8-31-21)12-20(17)26(28)29/h2-3,10-14,24H,4-9H2,1H3. The van der Waals surface area contributed by atoms with Crippen LogP contribution < -0.4 is 14.2 Å². The maximum Gasteiger partial charge on any atom is 0.286 e. The third kappa shape index (κ3) is 3.49. The van der Waals surface area contributed by atoms with Gasteiger partial charge in [-0.25, -0.2) is 0 Å². The highest BCUT2D eigenvalue weighted by Crippen LogP contribution is 2.39. The van der Waals surface area contributed by atoms with E-state index in [-0.39, 0.29) is 23.1 Å². The summed E-state index contributed by atoms with van der Waals surface area (Å²) in [6, 6.07) is 8.67. The van der Waals surface area contributed by atoms with Crippen LogP contribution in [0, 0.1) is 10.1 Å². The van der Waals surface area contributed by atoms with Gasteiger partial charge in [0.2, 0.25) is 0 Å². The van der Waals surface area contributed by atoms with Gasteiger partial charge in [-0.3, -0.25) is 14.9 Å². The lowest BCUT2D eigenvalue weighted by atomic mass is 9.89. The quantitative estimate of drug-likeness (QED) is 0.490. The number of aromatic amines is 1. The van der Waals surface area contributed by atoms with Crippen LogP contribution >= 0.6 is 0 Å². The van der Waals surface area contributed by atoms with E-state index < -0.39 is 4.92 Å². The summed E-state index contributed by atoms with van der Waals surface area (Å²) >= 11 is 0. The number of amides is 1. The summed E-state index contributed by atoms with van der Waals surface area (Å²) in [6.07, 6.45) is 3.57. The number of rotatable bonds is 4. The van der Waals surface area contributed by atoms with Crippen molar-refractivity contribution in [3.63, 3.8) is 0 Å². The molecule has 0 aliphatic carbocycles. The van der Waals surface area contributed by atoms with Crippen LogP contribution in [-0.4, -0.2) is 54.1 Å². The van der Waals surface area contributed by atoms with Crippen molar-refractivity contribution in [1.29, 1.82) is 0 Å². The summed E-state index contributed by atoms with van der Waals surface area (Å²) in [6.45, 7) is 1.71. The fourth-order valence-corrected chi connectivity index (χ4v) is 4.55. The number of carbonyl (C=O) groups is 1. The van der Waals surface area contributed by atoms with Crippen LogP contribution in [0.15, 0.2) is 36.5 Å². The molecule has 9 nitrogen and oxygen atoms in total. The first-order valence-electron chi connectivity index (χ1n) is 10.6. The zero-order chi connectivity index (χ0) is 22.2. The molecule has 1 amide bonds. The summed E-state index contributed by atoms with van der Waals surface area (Å²) in [5, 5.41) is 12.7. The molecule has 0 bridgehead atoms. The van der Waals surface area contributed by atoms with Crippen LogP contribution in [0.1, 0.15) is 34.7 Å². The minimum absolute atomic E-state index is 0.0366. The summed E-state index contributed by atoms with van der Waals surface area (Å²) < 4.78 is 16.3. The van der Waals surface area contributed by atoms with E-state index in [2.05, 4.69) is 4.98 Å². The maximum atomic E-state index is 13.2. The molecule has 166 valence electrons. The molecule has 5 rings (SSSR count). The first-order chi connectivity index (χ1) is 15.5. The van der Waals surface area contributed by atoms with Crippen LogP contribution in [0.4, 0.5) is 5.69 Å². The summed E-state index contributed by atoms with van der Waals surface area (Å²) in [4.78, 5) is 29.3. The number of benzene rings is 2. The first-order valence-corrected chi connectivity index (χ1v) is 10.6. The monoisotopic (exact) mass is 437 g/mol. The molecule has 1 fully saturated rings. The smallest absolute Gasteiger partial charge is 0.286 e. The molecular weight excluding hydrogens is 414 g/mol. The lowest BCUT2D eigenvalue weighted by molar-refractivity contribution is -0.385. The average molecular weight is 437 g/mol. The molecule has 1 aromatic heterocycles. The molecular formula is C23H23N3O6. The van der Waals surface area contributed by atoms with Gasteiger partial charge in [0, 0.05) is 36.3 Å². The Hall–Kier alpha value is -3.75.